The van der Waals surface area contributed by atoms with Gasteiger partial charge in [0.1, 0.15) is 0 Å². The van der Waals surface area contributed by atoms with Crippen molar-refractivity contribution >= 4 is 18.4 Å². The molecular formula is C11H13ClF3NO2. The molecule has 0 aromatic heterocycles. The number of nitrogens with two attached hydrogens (primary N) is 1. The molecule has 7 heteroatoms. The summed E-state index contributed by atoms with van der Waals surface area (Å²) in [6.45, 7) is 0. The molecule has 0 unspecified atom stereocenters. The third-order valence-corrected chi connectivity index (χ3v) is 2.26. The highest BCUT2D eigenvalue weighted by Gasteiger charge is 2.30. The number of esters is 1. The summed E-state index contributed by atoms with van der Waals surface area (Å²) in [4.78, 5) is 11.0. The van der Waals surface area contributed by atoms with Gasteiger partial charge in [-0.2, -0.15) is 13.2 Å². The Labute approximate surface area is 109 Å². The van der Waals surface area contributed by atoms with Gasteiger partial charge in [0.15, 0.2) is 0 Å². The van der Waals surface area contributed by atoms with Crippen LogP contribution in [0.25, 0.3) is 0 Å². The van der Waals surface area contributed by atoms with Gasteiger partial charge < -0.3 is 10.5 Å². The van der Waals surface area contributed by atoms with Crippen molar-refractivity contribution in [3.8, 4) is 0 Å². The number of methoxy groups -OCH3 is 1. The van der Waals surface area contributed by atoms with Crippen molar-refractivity contribution in [1.29, 1.82) is 0 Å². The lowest BCUT2D eigenvalue weighted by Gasteiger charge is -2.13. The molecule has 1 rings (SSSR count). The van der Waals surface area contributed by atoms with Crippen LogP contribution in [0.15, 0.2) is 24.3 Å². The van der Waals surface area contributed by atoms with Crippen molar-refractivity contribution in [1.82, 2.24) is 0 Å². The van der Waals surface area contributed by atoms with Crippen LogP contribution in [0.4, 0.5) is 13.2 Å². The first-order valence-electron chi connectivity index (χ1n) is 4.84. The largest absolute Gasteiger partial charge is 0.469 e. The third-order valence-electron chi connectivity index (χ3n) is 2.26. The minimum atomic E-state index is -4.42. The molecule has 0 saturated heterocycles. The summed E-state index contributed by atoms with van der Waals surface area (Å²) in [5, 5.41) is 0. The van der Waals surface area contributed by atoms with E-state index in [-0.39, 0.29) is 24.4 Å². The molecule has 0 amide bonds. The van der Waals surface area contributed by atoms with E-state index in [4.69, 9.17) is 5.73 Å². The maximum atomic E-state index is 12.4. The van der Waals surface area contributed by atoms with E-state index in [1.807, 2.05) is 0 Å². The monoisotopic (exact) mass is 283 g/mol. The highest BCUT2D eigenvalue weighted by Crippen LogP contribution is 2.30. The van der Waals surface area contributed by atoms with E-state index in [1.165, 1.54) is 19.2 Å². The Morgan fingerprint density at radius 2 is 2.06 bits per heavy atom. The SMILES string of the molecule is COC(=O)C[C@H](N)c1cccc(C(F)(F)F)c1.Cl. The summed E-state index contributed by atoms with van der Waals surface area (Å²) in [6.07, 6.45) is -4.57. The number of hydrogen-bond donors (Lipinski definition) is 1. The van der Waals surface area contributed by atoms with Gasteiger partial charge in [0.2, 0.25) is 0 Å². The minimum Gasteiger partial charge on any atom is -0.469 e. The minimum absolute atomic E-state index is 0. The molecule has 0 aliphatic carbocycles. The fourth-order valence-electron chi connectivity index (χ4n) is 1.33. The maximum absolute atomic E-state index is 12.4. The number of carbonyl (C=O) groups excluding carboxylic acids is 1. The van der Waals surface area contributed by atoms with Gasteiger partial charge in [0, 0.05) is 6.04 Å². The lowest BCUT2D eigenvalue weighted by atomic mass is 10.0. The topological polar surface area (TPSA) is 52.3 Å². The number of ether oxygens (including phenoxy) is 1. The molecule has 0 aliphatic rings. The van der Waals surface area contributed by atoms with Gasteiger partial charge in [-0.3, -0.25) is 4.79 Å². The van der Waals surface area contributed by atoms with Crippen LogP contribution in [-0.2, 0) is 15.7 Å². The normalized spacial score (nSPS) is 12.5. The van der Waals surface area contributed by atoms with E-state index in [9.17, 15) is 18.0 Å². The molecule has 1 aromatic rings. The van der Waals surface area contributed by atoms with Gasteiger partial charge in [-0.1, -0.05) is 12.1 Å². The molecular weight excluding hydrogens is 271 g/mol. The Bertz CT molecular complexity index is 410. The van der Waals surface area contributed by atoms with E-state index in [0.717, 1.165) is 12.1 Å². The van der Waals surface area contributed by atoms with Crippen LogP contribution < -0.4 is 5.73 Å². The van der Waals surface area contributed by atoms with Crippen LogP contribution in [-0.4, -0.2) is 13.1 Å². The average molecular weight is 284 g/mol. The highest BCUT2D eigenvalue weighted by molar-refractivity contribution is 5.85. The molecule has 0 aliphatic heterocycles. The van der Waals surface area contributed by atoms with Crippen molar-refractivity contribution in [3.05, 3.63) is 35.4 Å². The predicted molar refractivity (Wildman–Crippen MR) is 62.3 cm³/mol. The second kappa shape index (κ2) is 6.61. The summed E-state index contributed by atoms with van der Waals surface area (Å²) < 4.78 is 41.7. The van der Waals surface area contributed by atoms with Crippen molar-refractivity contribution in [3.63, 3.8) is 0 Å². The van der Waals surface area contributed by atoms with Gasteiger partial charge in [0.25, 0.3) is 0 Å². The number of rotatable bonds is 3. The number of hydrogen-bond acceptors (Lipinski definition) is 3. The molecule has 102 valence electrons. The smallest absolute Gasteiger partial charge is 0.416 e. The molecule has 2 N–H and O–H groups in total. The fraction of sp³-hybridized carbons (Fsp3) is 0.364. The van der Waals surface area contributed by atoms with E-state index >= 15 is 0 Å². The molecule has 0 radical (unpaired) electrons. The van der Waals surface area contributed by atoms with Gasteiger partial charge in [-0.25, -0.2) is 0 Å². The Kier molecular flexibility index (Phi) is 6.14. The third kappa shape index (κ3) is 4.54. The maximum Gasteiger partial charge on any atom is 0.416 e. The van der Waals surface area contributed by atoms with Gasteiger partial charge in [-0.05, 0) is 17.7 Å². The summed E-state index contributed by atoms with van der Waals surface area (Å²) in [7, 11) is 1.20. The molecule has 0 saturated carbocycles. The molecule has 0 bridgehead atoms. The number of benzene rings is 1. The molecule has 0 heterocycles. The standard InChI is InChI=1S/C11H12F3NO2.ClH/c1-17-10(16)6-9(15)7-3-2-4-8(5-7)11(12,13)14;/h2-5,9H,6,15H2,1H3;1H/t9-;/m0./s1. The van der Waals surface area contributed by atoms with Crippen LogP contribution in [0.1, 0.15) is 23.6 Å². The van der Waals surface area contributed by atoms with Crippen LogP contribution in [0.5, 0.6) is 0 Å². The Balaban J connectivity index is 0.00000289. The number of alkyl halides is 3. The zero-order chi connectivity index (χ0) is 13.1. The van der Waals surface area contributed by atoms with Crippen LogP contribution in [0.3, 0.4) is 0 Å². The van der Waals surface area contributed by atoms with Crippen molar-refractivity contribution < 1.29 is 22.7 Å². The Morgan fingerprint density at radius 3 is 2.56 bits per heavy atom. The highest BCUT2D eigenvalue weighted by atomic mass is 35.5. The first-order valence-corrected chi connectivity index (χ1v) is 4.84. The second-order valence-corrected chi connectivity index (χ2v) is 3.51. The molecule has 1 aromatic carbocycles. The summed E-state index contributed by atoms with van der Waals surface area (Å²) in [5.41, 5.74) is 5.09. The molecule has 3 nitrogen and oxygen atoms in total. The first-order chi connectivity index (χ1) is 7.84. The summed E-state index contributed by atoms with van der Waals surface area (Å²) in [5.74, 6) is -0.560. The first kappa shape index (κ1) is 16.7. The molecule has 1 atom stereocenters. The van der Waals surface area contributed by atoms with Crippen LogP contribution in [0, 0.1) is 0 Å². The number of carbonyl (C=O) groups is 1. The van der Waals surface area contributed by atoms with Gasteiger partial charge in [0.05, 0.1) is 19.1 Å². The van der Waals surface area contributed by atoms with Crippen LogP contribution in [0.2, 0.25) is 0 Å². The van der Waals surface area contributed by atoms with Gasteiger partial charge in [-0.15, -0.1) is 12.4 Å². The summed E-state index contributed by atoms with van der Waals surface area (Å²) >= 11 is 0. The van der Waals surface area contributed by atoms with E-state index < -0.39 is 23.8 Å². The zero-order valence-electron chi connectivity index (χ0n) is 9.53. The lowest BCUT2D eigenvalue weighted by molar-refractivity contribution is -0.141. The Hall–Kier alpha value is -1.27. The second-order valence-electron chi connectivity index (χ2n) is 3.51. The van der Waals surface area contributed by atoms with E-state index in [2.05, 4.69) is 4.74 Å². The molecule has 0 spiro atoms. The lowest BCUT2D eigenvalue weighted by Crippen LogP contribution is -2.17. The van der Waals surface area contributed by atoms with Crippen molar-refractivity contribution in [2.45, 2.75) is 18.6 Å². The van der Waals surface area contributed by atoms with E-state index in [1.54, 1.807) is 0 Å². The van der Waals surface area contributed by atoms with Crippen molar-refractivity contribution in [2.24, 2.45) is 5.73 Å². The number of halogens is 4. The molecule has 18 heavy (non-hydrogen) atoms. The Morgan fingerprint density at radius 1 is 1.44 bits per heavy atom. The van der Waals surface area contributed by atoms with Crippen LogP contribution >= 0.6 is 12.4 Å². The average Bonchev–Trinajstić information content (AvgIpc) is 2.28. The van der Waals surface area contributed by atoms with E-state index in [0.29, 0.717) is 0 Å². The molecule has 0 fully saturated rings. The van der Waals surface area contributed by atoms with Crippen molar-refractivity contribution in [2.75, 3.05) is 7.11 Å². The fourth-order valence-corrected chi connectivity index (χ4v) is 1.33. The zero-order valence-corrected chi connectivity index (χ0v) is 10.3. The quantitative estimate of drug-likeness (QED) is 0.868. The van der Waals surface area contributed by atoms with Gasteiger partial charge >= 0.3 is 12.1 Å². The predicted octanol–water partition coefficient (Wildman–Crippen LogP) is 2.69. The summed E-state index contributed by atoms with van der Waals surface area (Å²) in [6, 6.07) is 3.80.